The van der Waals surface area contributed by atoms with Gasteiger partial charge in [-0.25, -0.2) is 0 Å². The maximum Gasteiger partial charge on any atom is 0.183 e. The fourth-order valence-corrected chi connectivity index (χ4v) is 3.07. The quantitative estimate of drug-likeness (QED) is 0.899. The van der Waals surface area contributed by atoms with Crippen molar-refractivity contribution in [3.63, 3.8) is 0 Å². The van der Waals surface area contributed by atoms with Crippen LogP contribution in [0.25, 0.3) is 0 Å². The number of hydrogen-bond acceptors (Lipinski definition) is 4. The van der Waals surface area contributed by atoms with E-state index in [1.54, 1.807) is 20.4 Å². The molecule has 4 heteroatoms. The lowest BCUT2D eigenvalue weighted by Crippen LogP contribution is -2.40. The van der Waals surface area contributed by atoms with E-state index in [0.29, 0.717) is 12.0 Å². The minimum atomic E-state index is 0.566. The van der Waals surface area contributed by atoms with Crippen LogP contribution in [0.3, 0.4) is 0 Å². The molecular weight excluding hydrogens is 252 g/mol. The standard InChI is InChI=1S/C16H26N2O2/c1-11-6-5-7-13(12(11)2)18-10-14-16(20-4)15(19-3)8-9-17-14/h8-9,11-13,18H,5-7,10H2,1-4H3. The number of nitrogens with one attached hydrogen (secondary N) is 1. The van der Waals surface area contributed by atoms with Crippen LogP contribution in [-0.2, 0) is 6.54 Å². The molecule has 0 bridgehead atoms. The Bertz CT molecular complexity index is 436. The summed E-state index contributed by atoms with van der Waals surface area (Å²) in [5.74, 6) is 2.98. The van der Waals surface area contributed by atoms with Crippen molar-refractivity contribution in [2.75, 3.05) is 14.2 Å². The monoisotopic (exact) mass is 278 g/mol. The van der Waals surface area contributed by atoms with Gasteiger partial charge in [0.05, 0.1) is 19.9 Å². The smallest absolute Gasteiger partial charge is 0.183 e. The summed E-state index contributed by atoms with van der Waals surface area (Å²) in [6.07, 6.45) is 5.68. The van der Waals surface area contributed by atoms with Crippen molar-refractivity contribution in [3.05, 3.63) is 18.0 Å². The number of nitrogens with zero attached hydrogens (tertiary/aromatic N) is 1. The number of methoxy groups -OCH3 is 2. The highest BCUT2D eigenvalue weighted by molar-refractivity contribution is 5.42. The van der Waals surface area contributed by atoms with E-state index >= 15 is 0 Å². The zero-order valence-electron chi connectivity index (χ0n) is 13.0. The minimum Gasteiger partial charge on any atom is -0.493 e. The topological polar surface area (TPSA) is 43.4 Å². The van der Waals surface area contributed by atoms with Gasteiger partial charge in [0.15, 0.2) is 11.5 Å². The van der Waals surface area contributed by atoms with E-state index in [2.05, 4.69) is 24.1 Å². The molecular formula is C16H26N2O2. The van der Waals surface area contributed by atoms with Crippen LogP contribution in [0.4, 0.5) is 0 Å². The summed E-state index contributed by atoms with van der Waals surface area (Å²) in [5, 5.41) is 3.65. The summed E-state index contributed by atoms with van der Waals surface area (Å²) in [4.78, 5) is 4.42. The molecule has 1 aromatic rings. The van der Waals surface area contributed by atoms with E-state index in [1.807, 2.05) is 6.07 Å². The molecule has 4 nitrogen and oxygen atoms in total. The molecule has 3 unspecified atom stereocenters. The third-order valence-corrected chi connectivity index (χ3v) is 4.60. The Kier molecular flexibility index (Phi) is 5.24. The lowest BCUT2D eigenvalue weighted by Gasteiger charge is -2.34. The Hall–Kier alpha value is -1.29. The summed E-state index contributed by atoms with van der Waals surface area (Å²) >= 11 is 0. The first-order valence-electron chi connectivity index (χ1n) is 7.46. The van der Waals surface area contributed by atoms with Gasteiger partial charge >= 0.3 is 0 Å². The molecule has 1 aromatic heterocycles. The average molecular weight is 278 g/mol. The predicted octanol–water partition coefficient (Wildman–Crippen LogP) is 3.01. The molecule has 3 atom stereocenters. The zero-order chi connectivity index (χ0) is 14.5. The maximum absolute atomic E-state index is 5.43. The second kappa shape index (κ2) is 6.93. The first-order valence-corrected chi connectivity index (χ1v) is 7.46. The summed E-state index contributed by atoms with van der Waals surface area (Å²) in [6.45, 7) is 5.42. The number of ether oxygens (including phenoxy) is 2. The van der Waals surface area contributed by atoms with Crippen molar-refractivity contribution >= 4 is 0 Å². The van der Waals surface area contributed by atoms with Crippen LogP contribution >= 0.6 is 0 Å². The largest absolute Gasteiger partial charge is 0.493 e. The molecule has 20 heavy (non-hydrogen) atoms. The van der Waals surface area contributed by atoms with E-state index in [4.69, 9.17) is 9.47 Å². The predicted molar refractivity (Wildman–Crippen MR) is 80.1 cm³/mol. The van der Waals surface area contributed by atoms with Crippen LogP contribution in [-0.4, -0.2) is 25.2 Å². The number of pyridine rings is 1. The van der Waals surface area contributed by atoms with Crippen molar-refractivity contribution in [1.29, 1.82) is 0 Å². The molecule has 0 aliphatic heterocycles. The molecule has 1 N–H and O–H groups in total. The van der Waals surface area contributed by atoms with Gasteiger partial charge in [-0.05, 0) is 18.3 Å². The average Bonchev–Trinajstić information content (AvgIpc) is 2.48. The Morgan fingerprint density at radius 1 is 1.25 bits per heavy atom. The summed E-state index contributed by atoms with van der Waals surface area (Å²) in [7, 11) is 3.31. The normalized spacial score (nSPS) is 26.3. The molecule has 1 aliphatic carbocycles. The van der Waals surface area contributed by atoms with Crippen LogP contribution in [0.15, 0.2) is 12.3 Å². The molecule has 1 fully saturated rings. The van der Waals surface area contributed by atoms with E-state index < -0.39 is 0 Å². The van der Waals surface area contributed by atoms with Crippen molar-refractivity contribution in [3.8, 4) is 11.5 Å². The fraction of sp³-hybridized carbons (Fsp3) is 0.688. The second-order valence-corrected chi connectivity index (χ2v) is 5.75. The summed E-state index contributed by atoms with van der Waals surface area (Å²) in [5.41, 5.74) is 0.914. The van der Waals surface area contributed by atoms with Crippen molar-refractivity contribution in [1.82, 2.24) is 10.3 Å². The Morgan fingerprint density at radius 3 is 2.75 bits per heavy atom. The van der Waals surface area contributed by atoms with Crippen molar-refractivity contribution in [2.45, 2.75) is 45.7 Å². The lowest BCUT2D eigenvalue weighted by molar-refractivity contribution is 0.205. The van der Waals surface area contributed by atoms with Gasteiger partial charge in [-0.3, -0.25) is 4.98 Å². The maximum atomic E-state index is 5.43. The number of rotatable bonds is 5. The van der Waals surface area contributed by atoms with Crippen LogP contribution in [0.5, 0.6) is 11.5 Å². The van der Waals surface area contributed by atoms with Gasteiger partial charge in [-0.15, -0.1) is 0 Å². The van der Waals surface area contributed by atoms with Gasteiger partial charge in [-0.1, -0.05) is 26.7 Å². The van der Waals surface area contributed by atoms with Gasteiger partial charge in [0.25, 0.3) is 0 Å². The lowest BCUT2D eigenvalue weighted by atomic mass is 9.78. The van der Waals surface area contributed by atoms with Crippen LogP contribution in [0, 0.1) is 11.8 Å². The first-order chi connectivity index (χ1) is 9.67. The van der Waals surface area contributed by atoms with Crippen LogP contribution in [0.2, 0.25) is 0 Å². The molecule has 0 saturated heterocycles. The van der Waals surface area contributed by atoms with Gasteiger partial charge in [0.2, 0.25) is 0 Å². The molecule has 1 heterocycles. The molecule has 112 valence electrons. The molecule has 0 radical (unpaired) electrons. The van der Waals surface area contributed by atoms with Crippen LogP contribution < -0.4 is 14.8 Å². The van der Waals surface area contributed by atoms with E-state index in [0.717, 1.165) is 29.7 Å². The van der Waals surface area contributed by atoms with E-state index in [1.165, 1.54) is 19.3 Å². The highest BCUT2D eigenvalue weighted by atomic mass is 16.5. The summed E-state index contributed by atoms with van der Waals surface area (Å²) < 4.78 is 10.7. The highest BCUT2D eigenvalue weighted by Crippen LogP contribution is 2.31. The first kappa shape index (κ1) is 15.1. The number of hydrogen-bond donors (Lipinski definition) is 1. The third-order valence-electron chi connectivity index (χ3n) is 4.60. The van der Waals surface area contributed by atoms with Crippen LogP contribution in [0.1, 0.15) is 38.8 Å². The van der Waals surface area contributed by atoms with E-state index in [-0.39, 0.29) is 0 Å². The fourth-order valence-electron chi connectivity index (χ4n) is 3.07. The Balaban J connectivity index is 2.03. The number of aromatic nitrogens is 1. The Labute approximate surface area is 121 Å². The molecule has 0 spiro atoms. The molecule has 1 aliphatic rings. The molecule has 2 rings (SSSR count). The van der Waals surface area contributed by atoms with Gasteiger partial charge in [0.1, 0.15) is 0 Å². The van der Waals surface area contributed by atoms with Gasteiger partial charge in [0, 0.05) is 24.8 Å². The second-order valence-electron chi connectivity index (χ2n) is 5.75. The third kappa shape index (κ3) is 3.23. The zero-order valence-corrected chi connectivity index (χ0v) is 13.0. The minimum absolute atomic E-state index is 0.566. The van der Waals surface area contributed by atoms with Crippen molar-refractivity contribution < 1.29 is 9.47 Å². The molecule has 0 amide bonds. The highest BCUT2D eigenvalue weighted by Gasteiger charge is 2.26. The summed E-state index contributed by atoms with van der Waals surface area (Å²) in [6, 6.07) is 2.39. The van der Waals surface area contributed by atoms with Crippen molar-refractivity contribution in [2.24, 2.45) is 11.8 Å². The SMILES string of the molecule is COc1ccnc(CNC2CCCC(C)C2C)c1OC. The van der Waals surface area contributed by atoms with Gasteiger partial charge < -0.3 is 14.8 Å². The Morgan fingerprint density at radius 2 is 2.05 bits per heavy atom. The van der Waals surface area contributed by atoms with Gasteiger partial charge in [-0.2, -0.15) is 0 Å². The molecule has 1 saturated carbocycles. The van der Waals surface area contributed by atoms with E-state index in [9.17, 15) is 0 Å². The molecule has 0 aromatic carbocycles.